The number of phenols is 1. The molecule has 0 aliphatic rings. The second-order valence-electron chi connectivity index (χ2n) is 3.25. The Labute approximate surface area is 91.8 Å². The quantitative estimate of drug-likeness (QED) is 0.774. The van der Waals surface area contributed by atoms with Gasteiger partial charge in [0.15, 0.2) is 0 Å². The molecule has 0 aliphatic heterocycles. The van der Waals surface area contributed by atoms with Crippen LogP contribution in [0.15, 0.2) is 36.7 Å². The van der Waals surface area contributed by atoms with Gasteiger partial charge in [-0.1, -0.05) is 12.1 Å². The third-order valence-corrected chi connectivity index (χ3v) is 2.04. The molecule has 0 radical (unpaired) electrons. The molecule has 4 nitrogen and oxygen atoms in total. The second-order valence-corrected chi connectivity index (χ2v) is 3.25. The third-order valence-electron chi connectivity index (χ3n) is 2.04. The van der Waals surface area contributed by atoms with E-state index in [4.69, 9.17) is 5.11 Å². The number of rotatable bonds is 3. The monoisotopic (exact) mass is 219 g/mol. The fourth-order valence-corrected chi connectivity index (χ4v) is 1.24. The van der Waals surface area contributed by atoms with Crippen LogP contribution in [-0.4, -0.2) is 15.1 Å². The lowest BCUT2D eigenvalue weighted by molar-refractivity contribution is 0.475. The average molecular weight is 219 g/mol. The van der Waals surface area contributed by atoms with Gasteiger partial charge in [-0.05, 0) is 17.7 Å². The van der Waals surface area contributed by atoms with Crippen molar-refractivity contribution in [1.29, 1.82) is 0 Å². The van der Waals surface area contributed by atoms with Crippen LogP contribution in [0.25, 0.3) is 0 Å². The van der Waals surface area contributed by atoms with E-state index < -0.39 is 5.95 Å². The summed E-state index contributed by atoms with van der Waals surface area (Å²) in [4.78, 5) is 7.22. The van der Waals surface area contributed by atoms with Gasteiger partial charge in [0, 0.05) is 12.6 Å². The van der Waals surface area contributed by atoms with Gasteiger partial charge >= 0.3 is 0 Å². The first-order valence-electron chi connectivity index (χ1n) is 4.73. The van der Waals surface area contributed by atoms with Gasteiger partial charge in [0.1, 0.15) is 17.9 Å². The number of aromatic nitrogens is 2. The van der Waals surface area contributed by atoms with Gasteiger partial charge in [0.2, 0.25) is 5.95 Å². The number of anilines is 1. The van der Waals surface area contributed by atoms with Crippen molar-refractivity contribution < 1.29 is 9.50 Å². The second kappa shape index (κ2) is 4.57. The molecule has 1 aromatic heterocycles. The molecule has 0 saturated carbocycles. The van der Waals surface area contributed by atoms with E-state index in [1.807, 2.05) is 0 Å². The smallest absolute Gasteiger partial charge is 0.217 e. The van der Waals surface area contributed by atoms with E-state index in [9.17, 15) is 4.39 Å². The summed E-state index contributed by atoms with van der Waals surface area (Å²) in [7, 11) is 0. The van der Waals surface area contributed by atoms with Crippen molar-refractivity contribution in [3.8, 4) is 5.75 Å². The zero-order valence-corrected chi connectivity index (χ0v) is 8.39. The highest BCUT2D eigenvalue weighted by Gasteiger charge is 1.97. The fourth-order valence-electron chi connectivity index (χ4n) is 1.24. The fraction of sp³-hybridized carbons (Fsp3) is 0.0909. The molecule has 0 bridgehead atoms. The van der Waals surface area contributed by atoms with Crippen LogP contribution in [0.3, 0.4) is 0 Å². The summed E-state index contributed by atoms with van der Waals surface area (Å²) in [5.41, 5.74) is 0.969. The van der Waals surface area contributed by atoms with Crippen LogP contribution in [0.4, 0.5) is 10.2 Å². The summed E-state index contributed by atoms with van der Waals surface area (Å²) in [5.74, 6) is 0.0839. The van der Waals surface area contributed by atoms with E-state index in [1.165, 1.54) is 6.07 Å². The average Bonchev–Trinajstić information content (AvgIpc) is 2.28. The normalized spacial score (nSPS) is 10.1. The van der Waals surface area contributed by atoms with Gasteiger partial charge in [0.25, 0.3) is 0 Å². The van der Waals surface area contributed by atoms with Gasteiger partial charge in [-0.15, -0.1) is 0 Å². The maximum Gasteiger partial charge on any atom is 0.217 e. The Kier molecular flexibility index (Phi) is 2.95. The zero-order valence-electron chi connectivity index (χ0n) is 8.39. The van der Waals surface area contributed by atoms with Gasteiger partial charge in [-0.3, -0.25) is 0 Å². The van der Waals surface area contributed by atoms with E-state index in [0.717, 1.165) is 11.9 Å². The van der Waals surface area contributed by atoms with Crippen LogP contribution < -0.4 is 5.32 Å². The van der Waals surface area contributed by atoms with Crippen LogP contribution in [-0.2, 0) is 6.54 Å². The standard InChI is InChI=1S/C11H10FN3O/c12-10-5-11(15-7-14-10)13-6-8-1-3-9(16)4-2-8/h1-5,7,16H,6H2,(H,13,14,15). The van der Waals surface area contributed by atoms with Crippen molar-refractivity contribution >= 4 is 5.82 Å². The van der Waals surface area contributed by atoms with Crippen LogP contribution in [0.5, 0.6) is 5.75 Å². The third kappa shape index (κ3) is 2.66. The molecule has 1 aromatic carbocycles. The Bertz CT molecular complexity index is 473. The molecule has 16 heavy (non-hydrogen) atoms. The van der Waals surface area contributed by atoms with Crippen molar-refractivity contribution in [1.82, 2.24) is 9.97 Å². The minimum Gasteiger partial charge on any atom is -0.508 e. The number of halogens is 1. The number of nitrogens with one attached hydrogen (secondary N) is 1. The molecular weight excluding hydrogens is 209 g/mol. The molecule has 0 saturated heterocycles. The van der Waals surface area contributed by atoms with E-state index in [2.05, 4.69) is 15.3 Å². The van der Waals surface area contributed by atoms with Crippen molar-refractivity contribution in [3.05, 3.63) is 48.2 Å². The SMILES string of the molecule is Oc1ccc(CNc2cc(F)ncn2)cc1. The van der Waals surface area contributed by atoms with Crippen LogP contribution in [0.1, 0.15) is 5.56 Å². The van der Waals surface area contributed by atoms with E-state index in [0.29, 0.717) is 12.4 Å². The van der Waals surface area contributed by atoms with Gasteiger partial charge in [-0.2, -0.15) is 4.39 Å². The van der Waals surface area contributed by atoms with Crippen molar-refractivity contribution in [2.45, 2.75) is 6.54 Å². The number of nitrogens with zero attached hydrogens (tertiary/aromatic N) is 2. The lowest BCUT2D eigenvalue weighted by atomic mass is 10.2. The van der Waals surface area contributed by atoms with Crippen molar-refractivity contribution in [2.24, 2.45) is 0 Å². The molecule has 2 N–H and O–H groups in total. The molecule has 1 heterocycles. The Balaban J connectivity index is 1.99. The highest BCUT2D eigenvalue weighted by molar-refractivity contribution is 5.35. The lowest BCUT2D eigenvalue weighted by Gasteiger charge is -2.05. The highest BCUT2D eigenvalue weighted by atomic mass is 19.1. The molecule has 0 amide bonds. The molecule has 0 atom stereocenters. The molecular formula is C11H10FN3O. The van der Waals surface area contributed by atoms with Gasteiger partial charge < -0.3 is 10.4 Å². The molecule has 0 aliphatic carbocycles. The molecule has 0 unspecified atom stereocenters. The van der Waals surface area contributed by atoms with Crippen LogP contribution in [0, 0.1) is 5.95 Å². The summed E-state index contributed by atoms with van der Waals surface area (Å²) in [5, 5.41) is 12.0. The topological polar surface area (TPSA) is 58.0 Å². The number of hydrogen-bond acceptors (Lipinski definition) is 4. The zero-order chi connectivity index (χ0) is 11.4. The van der Waals surface area contributed by atoms with Crippen LogP contribution >= 0.6 is 0 Å². The Morgan fingerprint density at radius 3 is 2.62 bits per heavy atom. The summed E-state index contributed by atoms with van der Waals surface area (Å²) in [6.45, 7) is 0.511. The van der Waals surface area contributed by atoms with Gasteiger partial charge in [0.05, 0.1) is 0 Å². The number of phenolic OH excluding ortho intramolecular Hbond substituents is 1. The van der Waals surface area contributed by atoms with Crippen molar-refractivity contribution in [3.63, 3.8) is 0 Å². The molecule has 82 valence electrons. The summed E-state index contributed by atoms with van der Waals surface area (Å²) in [6.07, 6.45) is 1.16. The van der Waals surface area contributed by atoms with E-state index >= 15 is 0 Å². The Morgan fingerprint density at radius 2 is 1.94 bits per heavy atom. The van der Waals surface area contributed by atoms with Crippen LogP contribution in [0.2, 0.25) is 0 Å². The number of aromatic hydroxyl groups is 1. The molecule has 5 heteroatoms. The summed E-state index contributed by atoms with van der Waals surface area (Å²) >= 11 is 0. The molecule has 2 rings (SSSR count). The number of benzene rings is 1. The Hall–Kier alpha value is -2.17. The van der Waals surface area contributed by atoms with Gasteiger partial charge in [-0.25, -0.2) is 9.97 Å². The molecule has 0 spiro atoms. The molecule has 2 aromatic rings. The number of hydrogen-bond donors (Lipinski definition) is 2. The first-order valence-corrected chi connectivity index (χ1v) is 4.73. The first kappa shape index (κ1) is 10.4. The Morgan fingerprint density at radius 1 is 1.19 bits per heavy atom. The van der Waals surface area contributed by atoms with E-state index in [-0.39, 0.29) is 5.75 Å². The lowest BCUT2D eigenvalue weighted by Crippen LogP contribution is -2.02. The largest absolute Gasteiger partial charge is 0.508 e. The maximum atomic E-state index is 12.7. The summed E-state index contributed by atoms with van der Waals surface area (Å²) < 4.78 is 12.7. The molecule has 0 fully saturated rings. The van der Waals surface area contributed by atoms with Crippen molar-refractivity contribution in [2.75, 3.05) is 5.32 Å². The highest BCUT2D eigenvalue weighted by Crippen LogP contribution is 2.11. The minimum absolute atomic E-state index is 0.219. The first-order chi connectivity index (χ1) is 7.74. The summed E-state index contributed by atoms with van der Waals surface area (Å²) in [6, 6.07) is 7.97. The predicted octanol–water partition coefficient (Wildman–Crippen LogP) is 1.93. The minimum atomic E-state index is -0.566. The maximum absolute atomic E-state index is 12.7. The predicted molar refractivity (Wildman–Crippen MR) is 57.4 cm³/mol. The van der Waals surface area contributed by atoms with E-state index in [1.54, 1.807) is 24.3 Å².